The Morgan fingerprint density at radius 2 is 2.00 bits per heavy atom. The predicted octanol–water partition coefficient (Wildman–Crippen LogP) is 3.15. The molecule has 3 rings (SSSR count). The van der Waals surface area contributed by atoms with Crippen LogP contribution in [-0.2, 0) is 0 Å². The Bertz CT molecular complexity index is 702. The number of carboxylic acid groups (broad SMARTS) is 1. The number of hydrogen-bond donors (Lipinski definition) is 1. The van der Waals surface area contributed by atoms with Crippen LogP contribution in [0.2, 0.25) is 0 Å². The molecule has 0 amide bonds. The van der Waals surface area contributed by atoms with Gasteiger partial charge in [0.1, 0.15) is 0 Å². The Kier molecular flexibility index (Phi) is 1.91. The average molecular weight is 229 g/mol. The number of carbonyl (C=O) groups is 1. The molecule has 16 heavy (non-hydrogen) atoms. The second kappa shape index (κ2) is 3.28. The van der Waals surface area contributed by atoms with Crippen LogP contribution in [0, 0.1) is 0 Å². The van der Waals surface area contributed by atoms with Crippen molar-refractivity contribution in [1.82, 2.24) is 4.98 Å². The maximum absolute atomic E-state index is 11.1. The highest BCUT2D eigenvalue weighted by atomic mass is 32.1. The summed E-state index contributed by atoms with van der Waals surface area (Å²) < 4.78 is 0.989. The molecule has 0 saturated carbocycles. The first-order valence-corrected chi connectivity index (χ1v) is 5.64. The Labute approximate surface area is 95.0 Å². The van der Waals surface area contributed by atoms with Gasteiger partial charge in [0.15, 0.2) is 5.69 Å². The van der Waals surface area contributed by atoms with E-state index in [1.807, 2.05) is 35.7 Å². The van der Waals surface area contributed by atoms with Crippen LogP contribution in [0.1, 0.15) is 10.5 Å². The monoisotopic (exact) mass is 229 g/mol. The topological polar surface area (TPSA) is 50.2 Å². The second-order valence-corrected chi connectivity index (χ2v) is 4.36. The summed E-state index contributed by atoms with van der Waals surface area (Å²) in [6, 6.07) is 9.40. The number of pyridine rings is 1. The van der Waals surface area contributed by atoms with Crippen LogP contribution in [0.25, 0.3) is 21.0 Å². The van der Waals surface area contributed by atoms with Crippen LogP contribution in [0.3, 0.4) is 0 Å². The fraction of sp³-hybridized carbons (Fsp3) is 0. The maximum Gasteiger partial charge on any atom is 0.355 e. The Morgan fingerprint density at radius 1 is 1.19 bits per heavy atom. The number of aromatic carboxylic acids is 1. The van der Waals surface area contributed by atoms with Gasteiger partial charge in [-0.2, -0.15) is 0 Å². The van der Waals surface area contributed by atoms with Crippen molar-refractivity contribution in [2.24, 2.45) is 0 Å². The largest absolute Gasteiger partial charge is 0.476 e. The molecule has 1 aromatic carbocycles. The molecule has 0 aliphatic carbocycles. The molecule has 4 heteroatoms. The minimum Gasteiger partial charge on any atom is -0.476 e. The number of thiophene rings is 1. The highest BCUT2D eigenvalue weighted by Gasteiger charge is 2.13. The van der Waals surface area contributed by atoms with Crippen LogP contribution in [0.4, 0.5) is 0 Å². The fourth-order valence-electron chi connectivity index (χ4n) is 1.81. The summed E-state index contributed by atoms with van der Waals surface area (Å²) in [5.74, 6) is -0.978. The molecule has 78 valence electrons. The van der Waals surface area contributed by atoms with Gasteiger partial charge in [-0.1, -0.05) is 18.2 Å². The predicted molar refractivity (Wildman–Crippen MR) is 64.1 cm³/mol. The lowest BCUT2D eigenvalue weighted by atomic mass is 10.1. The molecule has 0 unspecified atom stereocenters. The van der Waals surface area contributed by atoms with Gasteiger partial charge in [0.2, 0.25) is 0 Å². The van der Waals surface area contributed by atoms with Crippen LogP contribution in [-0.4, -0.2) is 16.1 Å². The third kappa shape index (κ3) is 1.20. The molecule has 2 heterocycles. The molecule has 0 atom stereocenters. The van der Waals surface area contributed by atoms with Gasteiger partial charge in [-0.05, 0) is 17.5 Å². The lowest BCUT2D eigenvalue weighted by Gasteiger charge is -2.01. The van der Waals surface area contributed by atoms with E-state index in [4.69, 9.17) is 5.11 Å². The Balaban J connectivity index is 2.58. The molecule has 0 radical (unpaired) electrons. The Hall–Kier alpha value is -1.94. The Morgan fingerprint density at radius 3 is 2.81 bits per heavy atom. The van der Waals surface area contributed by atoms with E-state index in [0.717, 1.165) is 21.0 Å². The number of para-hydroxylation sites is 1. The average Bonchev–Trinajstić information content (AvgIpc) is 2.76. The summed E-state index contributed by atoms with van der Waals surface area (Å²) >= 11 is 1.55. The number of hydrogen-bond acceptors (Lipinski definition) is 3. The standard InChI is InChI=1S/C12H7NO2S/c14-12(15)10-8-5-6-16-11(8)7-3-1-2-4-9(7)13-10/h1-6H,(H,14,15). The summed E-state index contributed by atoms with van der Waals surface area (Å²) in [6.45, 7) is 0. The van der Waals surface area contributed by atoms with Crippen molar-refractivity contribution >= 4 is 38.3 Å². The lowest BCUT2D eigenvalue weighted by Crippen LogP contribution is -2.00. The number of rotatable bonds is 1. The normalized spacial score (nSPS) is 11.0. The molecule has 0 fully saturated rings. The number of benzene rings is 1. The summed E-state index contributed by atoms with van der Waals surface area (Å²) in [5.41, 5.74) is 0.866. The third-order valence-corrected chi connectivity index (χ3v) is 3.45. The molecule has 3 nitrogen and oxygen atoms in total. The molecule has 3 aromatic rings. The van der Waals surface area contributed by atoms with E-state index in [2.05, 4.69) is 4.98 Å². The van der Waals surface area contributed by atoms with E-state index in [0.29, 0.717) is 0 Å². The van der Waals surface area contributed by atoms with Crippen LogP contribution in [0.15, 0.2) is 35.7 Å². The van der Waals surface area contributed by atoms with Gasteiger partial charge in [-0.25, -0.2) is 9.78 Å². The maximum atomic E-state index is 11.1. The molecule has 0 aliphatic rings. The summed E-state index contributed by atoms with van der Waals surface area (Å²) in [4.78, 5) is 15.3. The zero-order chi connectivity index (χ0) is 11.1. The van der Waals surface area contributed by atoms with Gasteiger partial charge >= 0.3 is 5.97 Å². The molecular formula is C12H7NO2S. The van der Waals surface area contributed by atoms with E-state index in [1.165, 1.54) is 0 Å². The van der Waals surface area contributed by atoms with Gasteiger partial charge < -0.3 is 5.11 Å². The van der Waals surface area contributed by atoms with Gasteiger partial charge in [-0.3, -0.25) is 0 Å². The molecule has 0 bridgehead atoms. The van der Waals surface area contributed by atoms with Gasteiger partial charge in [-0.15, -0.1) is 11.3 Å². The number of nitrogens with zero attached hydrogens (tertiary/aromatic N) is 1. The van der Waals surface area contributed by atoms with Crippen molar-refractivity contribution in [3.63, 3.8) is 0 Å². The van der Waals surface area contributed by atoms with E-state index in [9.17, 15) is 4.79 Å². The van der Waals surface area contributed by atoms with E-state index in [1.54, 1.807) is 11.3 Å². The van der Waals surface area contributed by atoms with Gasteiger partial charge in [0.05, 0.1) is 5.52 Å². The van der Waals surface area contributed by atoms with Crippen LogP contribution in [0.5, 0.6) is 0 Å². The quantitative estimate of drug-likeness (QED) is 0.697. The highest BCUT2D eigenvalue weighted by Crippen LogP contribution is 2.30. The van der Waals surface area contributed by atoms with Gasteiger partial charge in [0.25, 0.3) is 0 Å². The minimum absolute atomic E-state index is 0.134. The minimum atomic E-state index is -0.978. The molecule has 1 N–H and O–H groups in total. The van der Waals surface area contributed by atoms with Crippen LogP contribution < -0.4 is 0 Å². The SMILES string of the molecule is O=C(O)c1nc2ccccc2c2sccc12. The number of carboxylic acids is 1. The van der Waals surface area contributed by atoms with Crippen LogP contribution >= 0.6 is 11.3 Å². The number of aromatic nitrogens is 1. The summed E-state index contributed by atoms with van der Waals surface area (Å²) in [6.07, 6.45) is 0. The van der Waals surface area contributed by atoms with Crippen molar-refractivity contribution in [3.8, 4) is 0 Å². The molecule has 2 aromatic heterocycles. The van der Waals surface area contributed by atoms with E-state index in [-0.39, 0.29) is 5.69 Å². The molecular weight excluding hydrogens is 222 g/mol. The van der Waals surface area contributed by atoms with E-state index < -0.39 is 5.97 Å². The summed E-state index contributed by atoms with van der Waals surface area (Å²) in [7, 11) is 0. The smallest absolute Gasteiger partial charge is 0.355 e. The highest BCUT2D eigenvalue weighted by molar-refractivity contribution is 7.18. The molecule has 0 aliphatic heterocycles. The molecule has 0 spiro atoms. The molecule has 0 saturated heterocycles. The summed E-state index contributed by atoms with van der Waals surface area (Å²) in [5, 5.41) is 12.7. The first kappa shape index (κ1) is 9.30. The van der Waals surface area contributed by atoms with Crippen molar-refractivity contribution < 1.29 is 9.90 Å². The first-order valence-electron chi connectivity index (χ1n) is 4.76. The zero-order valence-corrected chi connectivity index (χ0v) is 8.99. The first-order chi connectivity index (χ1) is 7.77. The third-order valence-electron chi connectivity index (χ3n) is 2.50. The van der Waals surface area contributed by atoms with Crippen molar-refractivity contribution in [3.05, 3.63) is 41.4 Å². The zero-order valence-electron chi connectivity index (χ0n) is 8.18. The van der Waals surface area contributed by atoms with Crippen molar-refractivity contribution in [2.75, 3.05) is 0 Å². The van der Waals surface area contributed by atoms with E-state index >= 15 is 0 Å². The number of fused-ring (bicyclic) bond motifs is 3. The lowest BCUT2D eigenvalue weighted by molar-refractivity contribution is 0.0693. The van der Waals surface area contributed by atoms with Crippen molar-refractivity contribution in [1.29, 1.82) is 0 Å². The second-order valence-electron chi connectivity index (χ2n) is 3.45. The fourth-order valence-corrected chi connectivity index (χ4v) is 2.74. The van der Waals surface area contributed by atoms with Crippen molar-refractivity contribution in [2.45, 2.75) is 0 Å². The van der Waals surface area contributed by atoms with Gasteiger partial charge in [0, 0.05) is 15.5 Å².